The van der Waals surface area contributed by atoms with E-state index >= 15 is 0 Å². The minimum Gasteiger partial charge on any atom is -0.298 e. The first-order valence-corrected chi connectivity index (χ1v) is 4.36. The maximum absolute atomic E-state index is 10.5. The number of rotatable bonds is 5. The number of unbranched alkanes of at least 4 members (excludes halogenated alkanes) is 2. The molecule has 1 heterocycles. The lowest BCUT2D eigenvalue weighted by atomic mass is 10.1. The third kappa shape index (κ3) is 2.19. The van der Waals surface area contributed by atoms with Gasteiger partial charge in [-0.05, 0) is 12.8 Å². The zero-order chi connectivity index (χ0) is 8.81. The first-order chi connectivity index (χ1) is 5.88. The van der Waals surface area contributed by atoms with Crippen LogP contribution in [0.25, 0.3) is 0 Å². The molecule has 12 heavy (non-hydrogen) atoms. The summed E-state index contributed by atoms with van der Waals surface area (Å²) in [4.78, 5) is 10.5. The molecule has 66 valence electrons. The molecule has 3 heteroatoms. The van der Waals surface area contributed by atoms with E-state index < -0.39 is 0 Å². The second kappa shape index (κ2) is 4.70. The van der Waals surface area contributed by atoms with Gasteiger partial charge in [0.2, 0.25) is 0 Å². The third-order valence-electron chi connectivity index (χ3n) is 1.91. The molecule has 0 aliphatic carbocycles. The van der Waals surface area contributed by atoms with Crippen molar-refractivity contribution in [2.24, 2.45) is 0 Å². The van der Waals surface area contributed by atoms with Crippen LogP contribution in [0.4, 0.5) is 0 Å². The fourth-order valence-electron chi connectivity index (χ4n) is 1.18. The van der Waals surface area contributed by atoms with Crippen LogP contribution in [0.3, 0.4) is 0 Å². The molecule has 0 fully saturated rings. The topological polar surface area (TPSA) is 45.8 Å². The van der Waals surface area contributed by atoms with Crippen molar-refractivity contribution >= 4 is 6.29 Å². The monoisotopic (exact) mass is 166 g/mol. The maximum Gasteiger partial charge on any atom is 0.153 e. The highest BCUT2D eigenvalue weighted by Crippen LogP contribution is 2.06. The van der Waals surface area contributed by atoms with E-state index in [0.29, 0.717) is 5.56 Å². The largest absolute Gasteiger partial charge is 0.298 e. The molecular formula is C9H14N2O. The Kier molecular flexibility index (Phi) is 3.51. The van der Waals surface area contributed by atoms with Gasteiger partial charge in [0.05, 0.1) is 11.8 Å². The molecule has 1 rings (SSSR count). The average Bonchev–Trinajstić information content (AvgIpc) is 2.52. The molecule has 0 amide bonds. The van der Waals surface area contributed by atoms with Gasteiger partial charge in [-0.15, -0.1) is 0 Å². The van der Waals surface area contributed by atoms with Gasteiger partial charge < -0.3 is 0 Å². The first-order valence-electron chi connectivity index (χ1n) is 4.36. The molecule has 0 saturated heterocycles. The van der Waals surface area contributed by atoms with Crippen LogP contribution in [-0.4, -0.2) is 16.5 Å². The highest BCUT2D eigenvalue weighted by molar-refractivity contribution is 5.75. The van der Waals surface area contributed by atoms with Crippen molar-refractivity contribution in [3.8, 4) is 0 Å². The standard InChI is InChI=1S/C9H14N2O/c1-2-3-4-5-9-8(7-12)6-10-11-9/h6-7H,2-5H2,1H3,(H,10,11). The molecule has 3 nitrogen and oxygen atoms in total. The number of hydrogen-bond acceptors (Lipinski definition) is 2. The third-order valence-corrected chi connectivity index (χ3v) is 1.91. The smallest absolute Gasteiger partial charge is 0.153 e. The van der Waals surface area contributed by atoms with Crippen LogP contribution in [-0.2, 0) is 6.42 Å². The minimum atomic E-state index is 0.700. The normalized spacial score (nSPS) is 10.1. The molecule has 1 aromatic rings. The molecule has 0 aliphatic heterocycles. The van der Waals surface area contributed by atoms with Crippen molar-refractivity contribution in [2.75, 3.05) is 0 Å². The van der Waals surface area contributed by atoms with Gasteiger partial charge in [-0.25, -0.2) is 0 Å². The van der Waals surface area contributed by atoms with E-state index in [1.165, 1.54) is 12.8 Å². The number of carbonyl (C=O) groups is 1. The summed E-state index contributed by atoms with van der Waals surface area (Å²) in [7, 11) is 0. The van der Waals surface area contributed by atoms with E-state index in [0.717, 1.165) is 24.8 Å². The average molecular weight is 166 g/mol. The Hall–Kier alpha value is -1.12. The van der Waals surface area contributed by atoms with Gasteiger partial charge >= 0.3 is 0 Å². The summed E-state index contributed by atoms with van der Waals surface area (Å²) in [5.41, 5.74) is 1.67. The summed E-state index contributed by atoms with van der Waals surface area (Å²) in [6, 6.07) is 0. The number of nitrogens with one attached hydrogen (secondary N) is 1. The van der Waals surface area contributed by atoms with E-state index in [4.69, 9.17) is 0 Å². The van der Waals surface area contributed by atoms with Crippen LogP contribution in [0.1, 0.15) is 42.2 Å². The van der Waals surface area contributed by atoms with Crippen molar-refractivity contribution < 1.29 is 4.79 Å². The number of H-pyrrole nitrogens is 1. The molecule has 0 bridgehead atoms. The zero-order valence-corrected chi connectivity index (χ0v) is 7.34. The fraction of sp³-hybridized carbons (Fsp3) is 0.556. The lowest BCUT2D eigenvalue weighted by Gasteiger charge is -1.96. The number of carbonyl (C=O) groups excluding carboxylic acids is 1. The van der Waals surface area contributed by atoms with Crippen LogP contribution < -0.4 is 0 Å². The summed E-state index contributed by atoms with van der Waals surface area (Å²) in [6.45, 7) is 2.16. The van der Waals surface area contributed by atoms with Crippen LogP contribution >= 0.6 is 0 Å². The predicted octanol–water partition coefficient (Wildman–Crippen LogP) is 1.95. The van der Waals surface area contributed by atoms with Gasteiger partial charge in [0.1, 0.15) is 0 Å². The van der Waals surface area contributed by atoms with Crippen molar-refractivity contribution in [3.63, 3.8) is 0 Å². The van der Waals surface area contributed by atoms with Crippen LogP contribution in [0.15, 0.2) is 6.20 Å². The van der Waals surface area contributed by atoms with Crippen molar-refractivity contribution in [1.82, 2.24) is 10.2 Å². The molecule has 1 N–H and O–H groups in total. The van der Waals surface area contributed by atoms with Crippen molar-refractivity contribution in [1.29, 1.82) is 0 Å². The number of nitrogens with zero attached hydrogens (tertiary/aromatic N) is 1. The minimum absolute atomic E-state index is 0.700. The molecule has 0 spiro atoms. The molecule has 0 radical (unpaired) electrons. The fourth-order valence-corrected chi connectivity index (χ4v) is 1.18. The summed E-state index contributed by atoms with van der Waals surface area (Å²) in [6.07, 6.45) is 6.89. The molecule has 0 atom stereocenters. The van der Waals surface area contributed by atoms with E-state index in [1.54, 1.807) is 6.20 Å². The Balaban J connectivity index is 2.45. The predicted molar refractivity (Wildman–Crippen MR) is 47.2 cm³/mol. The van der Waals surface area contributed by atoms with Gasteiger partial charge in [-0.1, -0.05) is 19.8 Å². The van der Waals surface area contributed by atoms with Gasteiger partial charge in [-0.2, -0.15) is 5.10 Å². The second-order valence-corrected chi connectivity index (χ2v) is 2.88. The van der Waals surface area contributed by atoms with Crippen LogP contribution in [0.5, 0.6) is 0 Å². The van der Waals surface area contributed by atoms with E-state index in [2.05, 4.69) is 17.1 Å². The number of aromatic nitrogens is 2. The van der Waals surface area contributed by atoms with Gasteiger partial charge in [0, 0.05) is 5.69 Å². The molecule has 0 aliphatic rings. The summed E-state index contributed by atoms with van der Waals surface area (Å²) in [5.74, 6) is 0. The lowest BCUT2D eigenvalue weighted by Crippen LogP contribution is -1.90. The van der Waals surface area contributed by atoms with Crippen molar-refractivity contribution in [3.05, 3.63) is 17.5 Å². The molecule has 0 aromatic carbocycles. The van der Waals surface area contributed by atoms with Crippen LogP contribution in [0, 0.1) is 0 Å². The number of hydrogen-bond donors (Lipinski definition) is 1. The quantitative estimate of drug-likeness (QED) is 0.536. The Bertz CT molecular complexity index is 242. The van der Waals surface area contributed by atoms with Gasteiger partial charge in [0.15, 0.2) is 6.29 Å². The lowest BCUT2D eigenvalue weighted by molar-refractivity contribution is 0.112. The van der Waals surface area contributed by atoms with Crippen LogP contribution in [0.2, 0.25) is 0 Å². The summed E-state index contributed by atoms with van der Waals surface area (Å²) in [5, 5.41) is 6.65. The van der Waals surface area contributed by atoms with E-state index in [9.17, 15) is 4.79 Å². The molecule has 0 unspecified atom stereocenters. The maximum atomic E-state index is 10.5. The first kappa shape index (κ1) is 8.97. The Morgan fingerprint density at radius 1 is 1.58 bits per heavy atom. The Morgan fingerprint density at radius 3 is 3.08 bits per heavy atom. The summed E-state index contributed by atoms with van der Waals surface area (Å²) >= 11 is 0. The number of aromatic amines is 1. The second-order valence-electron chi connectivity index (χ2n) is 2.88. The highest BCUT2D eigenvalue weighted by atomic mass is 16.1. The van der Waals surface area contributed by atoms with Gasteiger partial charge in [-0.3, -0.25) is 9.89 Å². The number of aryl methyl sites for hydroxylation is 1. The van der Waals surface area contributed by atoms with Gasteiger partial charge in [0.25, 0.3) is 0 Å². The molecule has 0 saturated carbocycles. The highest BCUT2D eigenvalue weighted by Gasteiger charge is 2.01. The molecule has 1 aromatic heterocycles. The molecular weight excluding hydrogens is 152 g/mol. The van der Waals surface area contributed by atoms with E-state index in [1.807, 2.05) is 0 Å². The number of aldehydes is 1. The van der Waals surface area contributed by atoms with E-state index in [-0.39, 0.29) is 0 Å². The summed E-state index contributed by atoms with van der Waals surface area (Å²) < 4.78 is 0. The Morgan fingerprint density at radius 2 is 2.42 bits per heavy atom. The van der Waals surface area contributed by atoms with Crippen molar-refractivity contribution in [2.45, 2.75) is 32.6 Å². The zero-order valence-electron chi connectivity index (χ0n) is 7.34. The SMILES string of the molecule is CCCCCc1[nH]ncc1C=O. The Labute approximate surface area is 72.2 Å².